The minimum atomic E-state index is 0.131. The van der Waals surface area contributed by atoms with Crippen molar-refractivity contribution in [3.05, 3.63) is 29.1 Å². The van der Waals surface area contributed by atoms with Crippen LogP contribution in [0.2, 0.25) is 0 Å². The highest BCUT2D eigenvalue weighted by Crippen LogP contribution is 2.38. The molecule has 1 fully saturated rings. The van der Waals surface area contributed by atoms with Gasteiger partial charge >= 0.3 is 0 Å². The van der Waals surface area contributed by atoms with Crippen LogP contribution in [0.3, 0.4) is 0 Å². The van der Waals surface area contributed by atoms with Gasteiger partial charge in [0, 0.05) is 31.1 Å². The molecule has 3 aromatic rings. The van der Waals surface area contributed by atoms with E-state index in [9.17, 15) is 4.79 Å². The molecule has 1 unspecified atom stereocenters. The summed E-state index contributed by atoms with van der Waals surface area (Å²) in [5.41, 5.74) is 1.78. The summed E-state index contributed by atoms with van der Waals surface area (Å²) in [5, 5.41) is 5.68. The Morgan fingerprint density at radius 2 is 2.00 bits per heavy atom. The average Bonchev–Trinajstić information content (AvgIpc) is 3.27. The lowest BCUT2D eigenvalue weighted by atomic mass is 10.0. The summed E-state index contributed by atoms with van der Waals surface area (Å²) in [7, 11) is 5.16. The number of carbonyl (C=O) groups excluding carboxylic acids is 1. The van der Waals surface area contributed by atoms with E-state index in [1.165, 1.54) is 17.8 Å². The highest BCUT2D eigenvalue weighted by molar-refractivity contribution is 7.20. The Bertz CT molecular complexity index is 1020. The van der Waals surface area contributed by atoms with Crippen LogP contribution in [-0.4, -0.2) is 47.9 Å². The number of likely N-dealkylation sites (tertiary alicyclic amines) is 1. The maximum Gasteiger partial charge on any atom is 0.264 e. The molecule has 1 aliphatic heterocycles. The van der Waals surface area contributed by atoms with E-state index in [1.807, 2.05) is 40.9 Å². The Morgan fingerprint density at radius 1 is 1.21 bits per heavy atom. The predicted octanol–water partition coefficient (Wildman–Crippen LogP) is 4.19. The first kappa shape index (κ1) is 18.8. The van der Waals surface area contributed by atoms with E-state index in [0.717, 1.165) is 45.9 Å². The van der Waals surface area contributed by atoms with Crippen molar-refractivity contribution in [1.29, 1.82) is 0 Å². The summed E-state index contributed by atoms with van der Waals surface area (Å²) in [4.78, 5) is 16.8. The summed E-state index contributed by atoms with van der Waals surface area (Å²) in [6.07, 6.45) is 2.28. The van der Waals surface area contributed by atoms with Gasteiger partial charge < -0.3 is 14.4 Å². The number of aromatic nitrogens is 2. The van der Waals surface area contributed by atoms with E-state index in [0.29, 0.717) is 17.4 Å². The van der Waals surface area contributed by atoms with E-state index >= 15 is 0 Å². The molecule has 0 saturated carbocycles. The summed E-state index contributed by atoms with van der Waals surface area (Å²) in [5.74, 6) is 2.04. The number of benzene rings is 1. The van der Waals surface area contributed by atoms with Crippen LogP contribution in [0.4, 0.5) is 0 Å². The minimum Gasteiger partial charge on any atom is -0.493 e. The molecule has 3 heterocycles. The zero-order chi connectivity index (χ0) is 19.8. The van der Waals surface area contributed by atoms with Crippen molar-refractivity contribution in [3.63, 3.8) is 0 Å². The molecule has 0 radical (unpaired) electrons. The summed E-state index contributed by atoms with van der Waals surface area (Å²) in [6.45, 7) is 3.90. The Morgan fingerprint density at radius 3 is 2.71 bits per heavy atom. The molecular weight excluding hydrogens is 374 g/mol. The second kappa shape index (κ2) is 7.47. The number of amides is 1. The molecule has 1 atom stereocenters. The number of ether oxygens (including phenoxy) is 2. The highest BCUT2D eigenvalue weighted by Gasteiger charge is 2.25. The van der Waals surface area contributed by atoms with Crippen LogP contribution in [-0.2, 0) is 7.05 Å². The van der Waals surface area contributed by atoms with Gasteiger partial charge in [0.15, 0.2) is 11.5 Å². The van der Waals surface area contributed by atoms with Crippen LogP contribution in [0, 0.1) is 5.92 Å². The fourth-order valence-electron chi connectivity index (χ4n) is 3.87. The van der Waals surface area contributed by atoms with Crippen LogP contribution < -0.4 is 9.47 Å². The SMILES string of the molecule is COc1ccc(-c2nn(C)c3sc(C(=O)N4CCCC(C)C4)cc23)cc1OC. The quantitative estimate of drug-likeness (QED) is 0.660. The first-order valence-corrected chi connectivity index (χ1v) is 10.3. The number of thiophene rings is 1. The number of hydrogen-bond acceptors (Lipinski definition) is 5. The maximum absolute atomic E-state index is 13.0. The zero-order valence-corrected chi connectivity index (χ0v) is 17.5. The molecule has 4 rings (SSSR count). The predicted molar refractivity (Wildman–Crippen MR) is 111 cm³/mol. The third-order valence-electron chi connectivity index (χ3n) is 5.32. The smallest absolute Gasteiger partial charge is 0.264 e. The van der Waals surface area contributed by atoms with Gasteiger partial charge in [-0.2, -0.15) is 5.10 Å². The van der Waals surface area contributed by atoms with Crippen molar-refractivity contribution in [2.24, 2.45) is 13.0 Å². The Hall–Kier alpha value is -2.54. The molecule has 6 nitrogen and oxygen atoms in total. The lowest BCUT2D eigenvalue weighted by molar-refractivity contribution is 0.0688. The normalized spacial score (nSPS) is 17.1. The van der Waals surface area contributed by atoms with Gasteiger partial charge in [-0.3, -0.25) is 9.48 Å². The molecule has 1 amide bonds. The Kier molecular flexibility index (Phi) is 5.02. The van der Waals surface area contributed by atoms with Crippen LogP contribution in [0.15, 0.2) is 24.3 Å². The molecule has 1 aromatic carbocycles. The number of rotatable bonds is 4. The van der Waals surface area contributed by atoms with Gasteiger partial charge in [0.2, 0.25) is 0 Å². The Balaban J connectivity index is 1.72. The van der Waals surface area contributed by atoms with Crippen LogP contribution in [0.25, 0.3) is 21.5 Å². The molecule has 1 saturated heterocycles. The van der Waals surface area contributed by atoms with Crippen LogP contribution >= 0.6 is 11.3 Å². The van der Waals surface area contributed by atoms with E-state index < -0.39 is 0 Å². The van der Waals surface area contributed by atoms with Crippen molar-refractivity contribution >= 4 is 27.5 Å². The molecule has 0 spiro atoms. The maximum atomic E-state index is 13.0. The fourth-order valence-corrected chi connectivity index (χ4v) is 4.91. The number of hydrogen-bond donors (Lipinski definition) is 0. The van der Waals surface area contributed by atoms with Gasteiger partial charge in [-0.1, -0.05) is 6.92 Å². The van der Waals surface area contributed by atoms with Crippen molar-refractivity contribution in [2.45, 2.75) is 19.8 Å². The Labute approximate surface area is 168 Å². The fraction of sp³-hybridized carbons (Fsp3) is 0.429. The van der Waals surface area contributed by atoms with Crippen molar-refractivity contribution in [3.8, 4) is 22.8 Å². The molecule has 0 bridgehead atoms. The molecule has 0 N–H and O–H groups in total. The molecular formula is C21H25N3O3S. The van der Waals surface area contributed by atoms with Gasteiger partial charge in [0.25, 0.3) is 5.91 Å². The number of carbonyl (C=O) groups is 1. The number of nitrogens with zero attached hydrogens (tertiary/aromatic N) is 3. The van der Waals surface area contributed by atoms with Gasteiger partial charge in [-0.05, 0) is 43.0 Å². The third kappa shape index (κ3) is 3.24. The lowest BCUT2D eigenvalue weighted by Gasteiger charge is -2.30. The summed E-state index contributed by atoms with van der Waals surface area (Å²) < 4.78 is 12.6. The first-order chi connectivity index (χ1) is 13.5. The second-order valence-corrected chi connectivity index (χ2v) is 8.40. The van der Waals surface area contributed by atoms with E-state index in [2.05, 4.69) is 12.0 Å². The van der Waals surface area contributed by atoms with Crippen molar-refractivity contribution in [2.75, 3.05) is 27.3 Å². The summed E-state index contributed by atoms with van der Waals surface area (Å²) >= 11 is 1.51. The molecule has 148 valence electrons. The van der Waals surface area contributed by atoms with E-state index in [4.69, 9.17) is 9.47 Å². The van der Waals surface area contributed by atoms with Crippen LogP contribution in [0.1, 0.15) is 29.4 Å². The molecule has 2 aromatic heterocycles. The summed E-state index contributed by atoms with van der Waals surface area (Å²) in [6, 6.07) is 7.75. The molecule has 28 heavy (non-hydrogen) atoms. The van der Waals surface area contributed by atoms with Crippen molar-refractivity contribution < 1.29 is 14.3 Å². The molecule has 1 aliphatic rings. The van der Waals surface area contributed by atoms with Crippen molar-refractivity contribution in [1.82, 2.24) is 14.7 Å². The molecule has 7 heteroatoms. The van der Waals surface area contributed by atoms with E-state index in [1.54, 1.807) is 14.2 Å². The topological polar surface area (TPSA) is 56.6 Å². The number of aryl methyl sites for hydroxylation is 1. The van der Waals surface area contributed by atoms with Gasteiger partial charge in [-0.25, -0.2) is 0 Å². The largest absolute Gasteiger partial charge is 0.493 e. The minimum absolute atomic E-state index is 0.131. The average molecular weight is 400 g/mol. The van der Waals surface area contributed by atoms with Crippen LogP contribution in [0.5, 0.6) is 11.5 Å². The number of piperidine rings is 1. The third-order valence-corrected chi connectivity index (χ3v) is 6.51. The zero-order valence-electron chi connectivity index (χ0n) is 16.7. The second-order valence-electron chi connectivity index (χ2n) is 7.37. The monoisotopic (exact) mass is 399 g/mol. The number of fused-ring (bicyclic) bond motifs is 1. The molecule has 0 aliphatic carbocycles. The van der Waals surface area contributed by atoms with Gasteiger partial charge in [0.05, 0.1) is 19.1 Å². The number of methoxy groups -OCH3 is 2. The lowest BCUT2D eigenvalue weighted by Crippen LogP contribution is -2.38. The highest BCUT2D eigenvalue weighted by atomic mass is 32.1. The van der Waals surface area contributed by atoms with Gasteiger partial charge in [0.1, 0.15) is 10.5 Å². The van der Waals surface area contributed by atoms with E-state index in [-0.39, 0.29) is 5.91 Å². The van der Waals surface area contributed by atoms with Gasteiger partial charge in [-0.15, -0.1) is 11.3 Å². The standard InChI is InChI=1S/C21H25N3O3S/c1-13-6-5-9-24(12-13)20(25)18-11-15-19(22-23(2)21(15)28-18)14-7-8-16(26-3)17(10-14)27-4/h7-8,10-11,13H,5-6,9,12H2,1-4H3. The first-order valence-electron chi connectivity index (χ1n) is 9.50.